The van der Waals surface area contributed by atoms with Crippen molar-refractivity contribution in [1.29, 1.82) is 0 Å². The van der Waals surface area contributed by atoms with Gasteiger partial charge in [-0.25, -0.2) is 9.97 Å². The van der Waals surface area contributed by atoms with E-state index in [1.165, 1.54) is 25.8 Å². The van der Waals surface area contributed by atoms with E-state index in [9.17, 15) is 13.6 Å². The van der Waals surface area contributed by atoms with Gasteiger partial charge in [0.15, 0.2) is 6.39 Å². The SMILES string of the molecule is COc1cc(-c2cnc3cc(OCc4cocn4)ccn23)cc(OC(F)F)c1C(=O)NC1CC1. The minimum atomic E-state index is -3.11. The highest BCUT2D eigenvalue weighted by atomic mass is 19.3. The summed E-state index contributed by atoms with van der Waals surface area (Å²) in [6, 6.07) is 6.49. The summed E-state index contributed by atoms with van der Waals surface area (Å²) in [6.45, 7) is -2.88. The Hall–Kier alpha value is -4.15. The second kappa shape index (κ2) is 9.00. The van der Waals surface area contributed by atoms with Crippen molar-refractivity contribution in [2.24, 2.45) is 0 Å². The number of alkyl halides is 2. The third-order valence-corrected chi connectivity index (χ3v) is 5.29. The molecular weight excluding hydrogens is 450 g/mol. The number of hydrogen-bond acceptors (Lipinski definition) is 7. The highest BCUT2D eigenvalue weighted by Crippen LogP contribution is 2.37. The van der Waals surface area contributed by atoms with Crippen LogP contribution < -0.4 is 19.5 Å². The number of nitrogens with one attached hydrogen (secondary N) is 1. The maximum Gasteiger partial charge on any atom is 0.387 e. The van der Waals surface area contributed by atoms with Crippen LogP contribution in [-0.4, -0.2) is 40.0 Å². The molecule has 1 aromatic carbocycles. The zero-order valence-electron chi connectivity index (χ0n) is 18.0. The van der Waals surface area contributed by atoms with Gasteiger partial charge in [0.2, 0.25) is 0 Å². The van der Waals surface area contributed by atoms with Crippen molar-refractivity contribution in [1.82, 2.24) is 19.7 Å². The van der Waals surface area contributed by atoms with Gasteiger partial charge in [-0.15, -0.1) is 0 Å². The number of carbonyl (C=O) groups excluding carboxylic acids is 1. The molecule has 5 rings (SSSR count). The predicted octanol–water partition coefficient (Wildman–Crippen LogP) is 4.07. The zero-order valence-corrected chi connectivity index (χ0v) is 18.0. The lowest BCUT2D eigenvalue weighted by atomic mass is 10.1. The lowest BCUT2D eigenvalue weighted by molar-refractivity contribution is -0.0502. The van der Waals surface area contributed by atoms with E-state index in [0.717, 1.165) is 12.8 Å². The minimum absolute atomic E-state index is 0.0377. The highest BCUT2D eigenvalue weighted by Gasteiger charge is 2.29. The minimum Gasteiger partial charge on any atom is -0.496 e. The molecule has 0 aliphatic heterocycles. The van der Waals surface area contributed by atoms with E-state index < -0.39 is 12.5 Å². The van der Waals surface area contributed by atoms with Crippen LogP contribution in [0.15, 0.2) is 53.7 Å². The van der Waals surface area contributed by atoms with E-state index in [1.807, 2.05) is 0 Å². The van der Waals surface area contributed by atoms with Gasteiger partial charge < -0.3 is 23.9 Å². The Labute approximate surface area is 192 Å². The number of imidazole rings is 1. The van der Waals surface area contributed by atoms with Crippen LogP contribution in [0, 0.1) is 0 Å². The quantitative estimate of drug-likeness (QED) is 0.394. The molecule has 1 aliphatic rings. The molecule has 0 unspecified atom stereocenters. The number of aromatic nitrogens is 3. The molecule has 1 amide bonds. The van der Waals surface area contributed by atoms with Crippen LogP contribution in [0.4, 0.5) is 8.78 Å². The standard InChI is InChI=1S/C23H20F2N4O5/c1-31-18-6-13(7-19(34-23(24)25)21(18)22(30)28-14-2-3-14)17-9-26-20-8-16(4-5-29(17)20)33-11-15-10-32-12-27-15/h4-10,12,14,23H,2-3,11H2,1H3,(H,28,30). The maximum absolute atomic E-state index is 13.2. The van der Waals surface area contributed by atoms with Crippen LogP contribution in [0.25, 0.3) is 16.9 Å². The first-order valence-electron chi connectivity index (χ1n) is 10.5. The number of carbonyl (C=O) groups is 1. The topological polar surface area (TPSA) is 100 Å². The summed E-state index contributed by atoms with van der Waals surface area (Å²) in [4.78, 5) is 21.1. The Morgan fingerprint density at radius 2 is 2.09 bits per heavy atom. The van der Waals surface area contributed by atoms with Crippen LogP contribution in [0.5, 0.6) is 17.2 Å². The summed E-state index contributed by atoms with van der Waals surface area (Å²) in [7, 11) is 1.37. The number of amides is 1. The molecule has 176 valence electrons. The van der Waals surface area contributed by atoms with Gasteiger partial charge in [0.1, 0.15) is 47.0 Å². The summed E-state index contributed by atoms with van der Waals surface area (Å²) >= 11 is 0. The molecule has 1 fully saturated rings. The first-order chi connectivity index (χ1) is 16.5. The maximum atomic E-state index is 13.2. The van der Waals surface area contributed by atoms with Gasteiger partial charge in [-0.1, -0.05) is 0 Å². The average molecular weight is 470 g/mol. The monoisotopic (exact) mass is 470 g/mol. The summed E-state index contributed by atoms with van der Waals surface area (Å²) in [5.41, 5.74) is 2.21. The lowest BCUT2D eigenvalue weighted by Crippen LogP contribution is -2.26. The molecule has 11 heteroatoms. The second-order valence-corrected chi connectivity index (χ2v) is 7.68. The number of nitrogens with zero attached hydrogens (tertiary/aromatic N) is 3. The van der Waals surface area contributed by atoms with Gasteiger partial charge in [-0.05, 0) is 31.0 Å². The van der Waals surface area contributed by atoms with E-state index in [4.69, 9.17) is 18.6 Å². The third kappa shape index (κ3) is 4.49. The largest absolute Gasteiger partial charge is 0.496 e. The number of fused-ring (bicyclic) bond motifs is 1. The highest BCUT2D eigenvalue weighted by molar-refractivity contribution is 6.01. The number of hydrogen-bond donors (Lipinski definition) is 1. The third-order valence-electron chi connectivity index (χ3n) is 5.29. The Bertz CT molecular complexity index is 1320. The molecule has 1 aliphatic carbocycles. The van der Waals surface area contributed by atoms with Crippen molar-refractivity contribution in [3.8, 4) is 28.5 Å². The molecule has 0 atom stereocenters. The van der Waals surface area contributed by atoms with Crippen molar-refractivity contribution in [3.05, 3.63) is 60.6 Å². The molecule has 0 saturated heterocycles. The first-order valence-corrected chi connectivity index (χ1v) is 10.5. The fraction of sp³-hybridized carbons (Fsp3) is 0.261. The number of rotatable bonds is 9. The zero-order chi connectivity index (χ0) is 23.7. The number of ether oxygens (including phenoxy) is 3. The van der Waals surface area contributed by atoms with E-state index in [2.05, 4.69) is 15.3 Å². The molecule has 1 N–H and O–H groups in total. The van der Waals surface area contributed by atoms with Gasteiger partial charge in [0.05, 0.1) is 19.0 Å². The summed E-state index contributed by atoms with van der Waals surface area (Å²) in [6.07, 6.45) is 7.84. The first kappa shape index (κ1) is 21.7. The van der Waals surface area contributed by atoms with Crippen LogP contribution in [0.1, 0.15) is 28.9 Å². The molecule has 0 spiro atoms. The van der Waals surface area contributed by atoms with Gasteiger partial charge >= 0.3 is 6.61 Å². The molecule has 3 heterocycles. The van der Waals surface area contributed by atoms with Crippen LogP contribution in [0.2, 0.25) is 0 Å². The predicted molar refractivity (Wildman–Crippen MR) is 115 cm³/mol. The lowest BCUT2D eigenvalue weighted by Gasteiger charge is -2.16. The van der Waals surface area contributed by atoms with E-state index >= 15 is 0 Å². The Kier molecular flexibility index (Phi) is 5.74. The Morgan fingerprint density at radius 1 is 1.26 bits per heavy atom. The number of methoxy groups -OCH3 is 1. The van der Waals surface area contributed by atoms with Crippen molar-refractivity contribution in [2.75, 3.05) is 7.11 Å². The van der Waals surface area contributed by atoms with Gasteiger partial charge in [0.25, 0.3) is 5.91 Å². The number of oxazole rings is 1. The van der Waals surface area contributed by atoms with Crippen LogP contribution in [0.3, 0.4) is 0 Å². The molecule has 3 aromatic heterocycles. The summed E-state index contributed by atoms with van der Waals surface area (Å²) in [5.74, 6) is -0.105. The smallest absolute Gasteiger partial charge is 0.387 e. The molecular formula is C23H20F2N4O5. The molecule has 34 heavy (non-hydrogen) atoms. The fourth-order valence-corrected chi connectivity index (χ4v) is 3.53. The normalized spacial score (nSPS) is 13.3. The Morgan fingerprint density at radius 3 is 2.79 bits per heavy atom. The number of pyridine rings is 1. The molecule has 1 saturated carbocycles. The van der Waals surface area contributed by atoms with Crippen molar-refractivity contribution in [2.45, 2.75) is 32.1 Å². The summed E-state index contributed by atoms with van der Waals surface area (Å²) in [5, 5.41) is 2.79. The van der Waals surface area contributed by atoms with Crippen molar-refractivity contribution in [3.63, 3.8) is 0 Å². The second-order valence-electron chi connectivity index (χ2n) is 7.68. The van der Waals surface area contributed by atoms with Gasteiger partial charge in [-0.3, -0.25) is 9.20 Å². The fourth-order valence-electron chi connectivity index (χ4n) is 3.53. The average Bonchev–Trinajstić information content (AvgIpc) is 3.30. The number of benzene rings is 1. The van der Waals surface area contributed by atoms with Gasteiger partial charge in [0, 0.05) is 23.9 Å². The molecule has 0 radical (unpaired) electrons. The molecule has 0 bridgehead atoms. The van der Waals surface area contributed by atoms with Crippen LogP contribution >= 0.6 is 0 Å². The van der Waals surface area contributed by atoms with E-state index in [0.29, 0.717) is 28.3 Å². The molecule has 9 nitrogen and oxygen atoms in total. The van der Waals surface area contributed by atoms with E-state index in [1.54, 1.807) is 35.0 Å². The Balaban J connectivity index is 1.49. The molecule has 4 aromatic rings. The van der Waals surface area contributed by atoms with Crippen molar-refractivity contribution < 1.29 is 32.2 Å². The number of halogens is 2. The van der Waals surface area contributed by atoms with Gasteiger partial charge in [-0.2, -0.15) is 8.78 Å². The van der Waals surface area contributed by atoms with Crippen LogP contribution in [-0.2, 0) is 6.61 Å². The van der Waals surface area contributed by atoms with Crippen molar-refractivity contribution >= 4 is 11.6 Å². The summed E-state index contributed by atoms with van der Waals surface area (Å²) < 4.78 is 48.8. The van der Waals surface area contributed by atoms with E-state index in [-0.39, 0.29) is 29.7 Å².